The lowest BCUT2D eigenvalue weighted by Gasteiger charge is -2.24. The zero-order valence-electron chi connectivity index (χ0n) is 6.27. The summed E-state index contributed by atoms with van der Waals surface area (Å²) in [6.45, 7) is 0.347. The van der Waals surface area contributed by atoms with Crippen molar-refractivity contribution in [1.29, 1.82) is 0 Å². The second-order valence-corrected chi connectivity index (χ2v) is 3.67. The summed E-state index contributed by atoms with van der Waals surface area (Å²) >= 11 is 0. The van der Waals surface area contributed by atoms with E-state index in [4.69, 9.17) is 5.11 Å². The van der Waals surface area contributed by atoms with Crippen molar-refractivity contribution < 1.29 is 5.11 Å². The normalized spacial score (nSPS) is 44.7. The highest BCUT2D eigenvalue weighted by molar-refractivity contribution is 5.03. The maximum absolute atomic E-state index is 8.80. The summed E-state index contributed by atoms with van der Waals surface area (Å²) in [5.74, 6) is 0. The van der Waals surface area contributed by atoms with Gasteiger partial charge in [0, 0.05) is 18.2 Å². The van der Waals surface area contributed by atoms with E-state index in [9.17, 15) is 0 Å². The van der Waals surface area contributed by atoms with Crippen LogP contribution in [0.4, 0.5) is 0 Å². The number of fused-ring (bicyclic) bond motifs is 2. The van der Waals surface area contributed by atoms with Crippen molar-refractivity contribution >= 4 is 0 Å². The van der Waals surface area contributed by atoms with Crippen LogP contribution < -0.4 is 5.32 Å². The molecule has 2 fully saturated rings. The first-order valence-corrected chi connectivity index (χ1v) is 4.23. The van der Waals surface area contributed by atoms with E-state index in [-0.39, 0.29) is 0 Å². The molecule has 0 amide bonds. The van der Waals surface area contributed by atoms with Gasteiger partial charge in [-0.05, 0) is 32.1 Å². The molecule has 58 valence electrons. The van der Waals surface area contributed by atoms with Crippen molar-refractivity contribution in [2.45, 2.75) is 43.7 Å². The summed E-state index contributed by atoms with van der Waals surface area (Å²) in [6.07, 6.45) is 6.21. The first-order chi connectivity index (χ1) is 4.85. The van der Waals surface area contributed by atoms with Crippen LogP contribution in [0, 0.1) is 0 Å². The zero-order chi connectivity index (χ0) is 7.03. The third kappa shape index (κ3) is 0.867. The van der Waals surface area contributed by atoms with Crippen LogP contribution in [0.1, 0.15) is 32.1 Å². The SMILES string of the molecule is OCCC12CCC(CC1)N2. The number of aliphatic hydroxyl groups is 1. The van der Waals surface area contributed by atoms with Crippen molar-refractivity contribution in [3.8, 4) is 0 Å². The number of aliphatic hydroxyl groups excluding tert-OH is 1. The van der Waals surface area contributed by atoms with Crippen molar-refractivity contribution in [2.75, 3.05) is 6.61 Å². The van der Waals surface area contributed by atoms with Gasteiger partial charge < -0.3 is 10.4 Å². The number of nitrogens with one attached hydrogen (secondary N) is 1. The lowest BCUT2D eigenvalue weighted by molar-refractivity contribution is 0.227. The molecule has 2 rings (SSSR count). The van der Waals surface area contributed by atoms with Crippen LogP contribution in [0.2, 0.25) is 0 Å². The van der Waals surface area contributed by atoms with Crippen LogP contribution in [-0.2, 0) is 0 Å². The van der Waals surface area contributed by atoms with Gasteiger partial charge in [0.25, 0.3) is 0 Å². The second-order valence-electron chi connectivity index (χ2n) is 3.67. The van der Waals surface area contributed by atoms with Crippen molar-refractivity contribution in [3.63, 3.8) is 0 Å². The molecular weight excluding hydrogens is 126 g/mol. The van der Waals surface area contributed by atoms with Crippen LogP contribution in [-0.4, -0.2) is 23.3 Å². The maximum Gasteiger partial charge on any atom is 0.0448 e. The molecule has 0 aromatic rings. The molecule has 2 aliphatic rings. The summed E-state index contributed by atoms with van der Waals surface area (Å²) in [4.78, 5) is 0. The highest BCUT2D eigenvalue weighted by Gasteiger charge is 2.43. The van der Waals surface area contributed by atoms with Crippen molar-refractivity contribution in [1.82, 2.24) is 5.32 Å². The van der Waals surface area contributed by atoms with E-state index in [2.05, 4.69) is 5.32 Å². The minimum atomic E-state index is 0.347. The van der Waals surface area contributed by atoms with Gasteiger partial charge in [0.15, 0.2) is 0 Å². The standard InChI is InChI=1S/C8H15NO/c10-6-5-8-3-1-7(9-8)2-4-8/h7,9-10H,1-6H2. The van der Waals surface area contributed by atoms with Gasteiger partial charge in [-0.25, -0.2) is 0 Å². The molecule has 2 nitrogen and oxygen atoms in total. The number of hydrogen-bond donors (Lipinski definition) is 2. The Labute approximate surface area is 61.6 Å². The van der Waals surface area contributed by atoms with E-state index in [0.717, 1.165) is 12.5 Å². The third-order valence-electron chi connectivity index (χ3n) is 3.04. The first-order valence-electron chi connectivity index (χ1n) is 4.23. The van der Waals surface area contributed by atoms with E-state index < -0.39 is 0 Å². The van der Waals surface area contributed by atoms with Crippen molar-refractivity contribution in [2.24, 2.45) is 0 Å². The van der Waals surface area contributed by atoms with Crippen LogP contribution >= 0.6 is 0 Å². The van der Waals surface area contributed by atoms with Crippen molar-refractivity contribution in [3.05, 3.63) is 0 Å². The van der Waals surface area contributed by atoms with E-state index in [1.165, 1.54) is 25.7 Å². The lowest BCUT2D eigenvalue weighted by Crippen LogP contribution is -2.36. The molecule has 10 heavy (non-hydrogen) atoms. The number of hydrogen-bond acceptors (Lipinski definition) is 2. The van der Waals surface area contributed by atoms with Gasteiger partial charge in [-0.2, -0.15) is 0 Å². The highest BCUT2D eigenvalue weighted by Crippen LogP contribution is 2.39. The molecule has 2 N–H and O–H groups in total. The lowest BCUT2D eigenvalue weighted by atomic mass is 9.86. The Morgan fingerprint density at radius 3 is 2.50 bits per heavy atom. The molecule has 0 radical (unpaired) electrons. The van der Waals surface area contributed by atoms with Gasteiger partial charge in [0.2, 0.25) is 0 Å². The Bertz CT molecular complexity index is 127. The molecule has 0 atom stereocenters. The van der Waals surface area contributed by atoms with Gasteiger partial charge in [0.1, 0.15) is 0 Å². The van der Waals surface area contributed by atoms with Gasteiger partial charge in [-0.1, -0.05) is 0 Å². The fourth-order valence-corrected chi connectivity index (χ4v) is 2.43. The molecule has 2 aliphatic heterocycles. The predicted molar refractivity (Wildman–Crippen MR) is 39.8 cm³/mol. The van der Waals surface area contributed by atoms with Gasteiger partial charge in [-0.3, -0.25) is 0 Å². The molecule has 0 aromatic carbocycles. The van der Waals surface area contributed by atoms with Crippen LogP contribution in [0.3, 0.4) is 0 Å². The van der Waals surface area contributed by atoms with Crippen LogP contribution in [0.25, 0.3) is 0 Å². The van der Waals surface area contributed by atoms with E-state index in [1.807, 2.05) is 0 Å². The quantitative estimate of drug-likeness (QED) is 0.592. The fourth-order valence-electron chi connectivity index (χ4n) is 2.43. The predicted octanol–water partition coefficient (Wildman–Crippen LogP) is 0.653. The minimum absolute atomic E-state index is 0.347. The minimum Gasteiger partial charge on any atom is -0.396 e. The molecule has 0 unspecified atom stereocenters. The van der Waals surface area contributed by atoms with Gasteiger partial charge in [-0.15, -0.1) is 0 Å². The van der Waals surface area contributed by atoms with Gasteiger partial charge >= 0.3 is 0 Å². The molecule has 0 aliphatic carbocycles. The molecule has 2 heterocycles. The summed E-state index contributed by atoms with van der Waals surface area (Å²) < 4.78 is 0. The second kappa shape index (κ2) is 2.21. The summed E-state index contributed by atoms with van der Waals surface area (Å²) in [7, 11) is 0. The summed E-state index contributed by atoms with van der Waals surface area (Å²) in [5, 5.41) is 12.4. The fraction of sp³-hybridized carbons (Fsp3) is 1.00. The monoisotopic (exact) mass is 141 g/mol. The smallest absolute Gasteiger partial charge is 0.0448 e. The maximum atomic E-state index is 8.80. The Morgan fingerprint density at radius 1 is 1.40 bits per heavy atom. The largest absolute Gasteiger partial charge is 0.396 e. The molecular formula is C8H15NO. The third-order valence-corrected chi connectivity index (χ3v) is 3.04. The van der Waals surface area contributed by atoms with Crippen LogP contribution in [0.5, 0.6) is 0 Å². The average molecular weight is 141 g/mol. The Hall–Kier alpha value is -0.0800. The highest BCUT2D eigenvalue weighted by atomic mass is 16.3. The van der Waals surface area contributed by atoms with Gasteiger partial charge in [0.05, 0.1) is 0 Å². The summed E-state index contributed by atoms with van der Waals surface area (Å²) in [5.41, 5.74) is 0.361. The van der Waals surface area contributed by atoms with E-state index in [0.29, 0.717) is 12.1 Å². The zero-order valence-corrected chi connectivity index (χ0v) is 6.27. The molecule has 0 saturated carbocycles. The first kappa shape index (κ1) is 6.62. The average Bonchev–Trinajstić information content (AvgIpc) is 2.46. The number of rotatable bonds is 2. The van der Waals surface area contributed by atoms with E-state index in [1.54, 1.807) is 0 Å². The summed E-state index contributed by atoms with van der Waals surface area (Å²) in [6, 6.07) is 0.784. The van der Waals surface area contributed by atoms with E-state index >= 15 is 0 Å². The molecule has 2 saturated heterocycles. The Balaban J connectivity index is 2.01. The van der Waals surface area contributed by atoms with Crippen LogP contribution in [0.15, 0.2) is 0 Å². The molecule has 0 spiro atoms. The topological polar surface area (TPSA) is 32.3 Å². The Morgan fingerprint density at radius 2 is 2.10 bits per heavy atom. The Kier molecular flexibility index (Phi) is 1.46. The molecule has 0 aromatic heterocycles. The molecule has 2 bridgehead atoms. The molecule has 2 heteroatoms.